The molecule has 2 aromatic carbocycles. The summed E-state index contributed by atoms with van der Waals surface area (Å²) >= 11 is 0. The molecule has 0 heterocycles. The van der Waals surface area contributed by atoms with Gasteiger partial charge in [-0.15, -0.1) is 0 Å². The zero-order chi connectivity index (χ0) is 16.1. The van der Waals surface area contributed by atoms with Crippen LogP contribution in [0.1, 0.15) is 28.3 Å². The molecule has 4 heteroatoms. The van der Waals surface area contributed by atoms with E-state index in [-0.39, 0.29) is 5.97 Å². The Balaban J connectivity index is 1.37. The molecular formula is C19H21NO3. The minimum absolute atomic E-state index is 0.334. The van der Waals surface area contributed by atoms with Gasteiger partial charge in [-0.2, -0.15) is 0 Å². The summed E-state index contributed by atoms with van der Waals surface area (Å²) in [5, 5.41) is 3.52. The lowest BCUT2D eigenvalue weighted by Crippen LogP contribution is -2.24. The van der Waals surface area contributed by atoms with E-state index in [9.17, 15) is 4.79 Å². The first-order chi connectivity index (χ1) is 11.3. The number of carbonyl (C=O) groups is 1. The van der Waals surface area contributed by atoms with Crippen molar-refractivity contribution in [1.82, 2.24) is 5.32 Å². The maximum Gasteiger partial charge on any atom is 0.337 e. The van der Waals surface area contributed by atoms with E-state index < -0.39 is 0 Å². The Bertz CT molecular complexity index is 639. The Hall–Kier alpha value is -2.33. The van der Waals surface area contributed by atoms with Crippen LogP contribution in [0.3, 0.4) is 0 Å². The van der Waals surface area contributed by atoms with Crippen molar-refractivity contribution in [3.63, 3.8) is 0 Å². The third-order valence-corrected chi connectivity index (χ3v) is 4.07. The summed E-state index contributed by atoms with van der Waals surface area (Å²) in [6.07, 6.45) is 1.19. The molecule has 4 nitrogen and oxygen atoms in total. The molecule has 1 aliphatic rings. The Kier molecular flexibility index (Phi) is 4.93. The standard InChI is InChI=1S/C19H21NO3/c1-22-19(21)15-7-9-16(10-8-15)23-12-11-20-18-13-17(18)14-5-3-2-4-6-14/h2-10,17-18,20H,11-13H2,1H3. The lowest BCUT2D eigenvalue weighted by Gasteiger charge is -2.08. The van der Waals surface area contributed by atoms with Crippen molar-refractivity contribution < 1.29 is 14.3 Å². The predicted molar refractivity (Wildman–Crippen MR) is 88.9 cm³/mol. The zero-order valence-electron chi connectivity index (χ0n) is 13.2. The second-order valence-electron chi connectivity index (χ2n) is 5.68. The molecule has 0 radical (unpaired) electrons. The van der Waals surface area contributed by atoms with E-state index in [0.29, 0.717) is 24.1 Å². The van der Waals surface area contributed by atoms with Crippen molar-refractivity contribution in [1.29, 1.82) is 0 Å². The van der Waals surface area contributed by atoms with E-state index in [0.717, 1.165) is 12.3 Å². The highest BCUT2D eigenvalue weighted by Crippen LogP contribution is 2.40. The summed E-state index contributed by atoms with van der Waals surface area (Å²) in [6, 6.07) is 18.2. The Morgan fingerprint density at radius 1 is 1.13 bits per heavy atom. The lowest BCUT2D eigenvalue weighted by molar-refractivity contribution is 0.0600. The molecule has 0 spiro atoms. The number of hydrogen-bond acceptors (Lipinski definition) is 4. The number of ether oxygens (including phenoxy) is 2. The monoisotopic (exact) mass is 311 g/mol. The van der Waals surface area contributed by atoms with Crippen LogP contribution in [0, 0.1) is 0 Å². The molecule has 0 bridgehead atoms. The number of carbonyl (C=O) groups excluding carboxylic acids is 1. The highest BCUT2D eigenvalue weighted by molar-refractivity contribution is 5.89. The van der Waals surface area contributed by atoms with Gasteiger partial charge >= 0.3 is 5.97 Å². The summed E-state index contributed by atoms with van der Waals surface area (Å²) in [7, 11) is 1.37. The SMILES string of the molecule is COC(=O)c1ccc(OCCNC2CC2c2ccccc2)cc1. The summed E-state index contributed by atoms with van der Waals surface area (Å²) < 4.78 is 10.3. The van der Waals surface area contributed by atoms with Crippen LogP contribution in [0.4, 0.5) is 0 Å². The van der Waals surface area contributed by atoms with Crippen LogP contribution in [0.25, 0.3) is 0 Å². The van der Waals surface area contributed by atoms with Crippen LogP contribution in [-0.4, -0.2) is 32.3 Å². The molecule has 23 heavy (non-hydrogen) atoms. The van der Waals surface area contributed by atoms with Crippen molar-refractivity contribution >= 4 is 5.97 Å². The van der Waals surface area contributed by atoms with Gasteiger partial charge in [-0.1, -0.05) is 30.3 Å². The molecule has 0 saturated heterocycles. The van der Waals surface area contributed by atoms with Gasteiger partial charge in [0.15, 0.2) is 0 Å². The fraction of sp³-hybridized carbons (Fsp3) is 0.316. The fourth-order valence-electron chi connectivity index (χ4n) is 2.71. The second-order valence-corrected chi connectivity index (χ2v) is 5.68. The third-order valence-electron chi connectivity index (χ3n) is 4.07. The Morgan fingerprint density at radius 3 is 2.57 bits per heavy atom. The van der Waals surface area contributed by atoms with E-state index in [1.807, 2.05) is 6.07 Å². The summed E-state index contributed by atoms with van der Waals surface area (Å²) in [5.41, 5.74) is 1.94. The van der Waals surface area contributed by atoms with Crippen molar-refractivity contribution in [2.24, 2.45) is 0 Å². The molecule has 1 N–H and O–H groups in total. The van der Waals surface area contributed by atoms with Gasteiger partial charge in [0, 0.05) is 18.5 Å². The van der Waals surface area contributed by atoms with Crippen molar-refractivity contribution in [3.05, 3.63) is 65.7 Å². The first kappa shape index (κ1) is 15.6. The van der Waals surface area contributed by atoms with Gasteiger partial charge in [0.25, 0.3) is 0 Å². The van der Waals surface area contributed by atoms with Crippen molar-refractivity contribution in [2.75, 3.05) is 20.3 Å². The topological polar surface area (TPSA) is 47.6 Å². The molecular weight excluding hydrogens is 290 g/mol. The third kappa shape index (κ3) is 4.11. The van der Waals surface area contributed by atoms with Crippen LogP contribution in [-0.2, 0) is 4.74 Å². The first-order valence-electron chi connectivity index (χ1n) is 7.87. The number of nitrogens with one attached hydrogen (secondary N) is 1. The van der Waals surface area contributed by atoms with Crippen LogP contribution in [0.5, 0.6) is 5.75 Å². The van der Waals surface area contributed by atoms with E-state index >= 15 is 0 Å². The minimum atomic E-state index is -0.334. The normalized spacial score (nSPS) is 19.2. The fourth-order valence-corrected chi connectivity index (χ4v) is 2.71. The van der Waals surface area contributed by atoms with Crippen molar-refractivity contribution in [3.8, 4) is 5.75 Å². The number of benzene rings is 2. The molecule has 2 unspecified atom stereocenters. The van der Waals surface area contributed by atoms with Crippen LogP contribution in [0.15, 0.2) is 54.6 Å². The molecule has 1 saturated carbocycles. The average Bonchev–Trinajstić information content (AvgIpc) is 3.39. The van der Waals surface area contributed by atoms with Crippen molar-refractivity contribution in [2.45, 2.75) is 18.4 Å². The van der Waals surface area contributed by atoms with Crippen LogP contribution >= 0.6 is 0 Å². The van der Waals surface area contributed by atoms with Gasteiger partial charge in [-0.05, 0) is 36.2 Å². The van der Waals surface area contributed by atoms with Gasteiger partial charge in [-0.3, -0.25) is 0 Å². The quantitative estimate of drug-likeness (QED) is 0.631. The summed E-state index contributed by atoms with van der Waals surface area (Å²) in [5.74, 6) is 1.06. The van der Waals surface area contributed by atoms with E-state index in [1.165, 1.54) is 19.1 Å². The Morgan fingerprint density at radius 2 is 1.87 bits per heavy atom. The van der Waals surface area contributed by atoms with E-state index in [1.54, 1.807) is 24.3 Å². The molecule has 0 aliphatic heterocycles. The highest BCUT2D eigenvalue weighted by Gasteiger charge is 2.37. The lowest BCUT2D eigenvalue weighted by atomic mass is 10.1. The molecule has 120 valence electrons. The number of methoxy groups -OCH3 is 1. The largest absolute Gasteiger partial charge is 0.492 e. The Labute approximate surface area is 136 Å². The highest BCUT2D eigenvalue weighted by atomic mass is 16.5. The predicted octanol–water partition coefficient (Wildman–Crippen LogP) is 3.00. The summed E-state index contributed by atoms with van der Waals surface area (Å²) in [6.45, 7) is 1.42. The van der Waals surface area contributed by atoms with Gasteiger partial charge in [0.05, 0.1) is 12.7 Å². The number of esters is 1. The average molecular weight is 311 g/mol. The maximum absolute atomic E-state index is 11.3. The maximum atomic E-state index is 11.3. The van der Waals surface area contributed by atoms with Gasteiger partial charge in [0.2, 0.25) is 0 Å². The summed E-state index contributed by atoms with van der Waals surface area (Å²) in [4.78, 5) is 11.3. The number of hydrogen-bond donors (Lipinski definition) is 1. The first-order valence-corrected chi connectivity index (χ1v) is 7.87. The molecule has 0 amide bonds. The smallest absolute Gasteiger partial charge is 0.337 e. The molecule has 1 aliphatic carbocycles. The van der Waals surface area contributed by atoms with E-state index in [4.69, 9.17) is 4.74 Å². The second kappa shape index (κ2) is 7.29. The van der Waals surface area contributed by atoms with Crippen LogP contribution in [0.2, 0.25) is 0 Å². The van der Waals surface area contributed by atoms with E-state index in [2.05, 4.69) is 34.3 Å². The molecule has 1 fully saturated rings. The van der Waals surface area contributed by atoms with Crippen LogP contribution < -0.4 is 10.1 Å². The van der Waals surface area contributed by atoms with Gasteiger partial charge in [0.1, 0.15) is 12.4 Å². The van der Waals surface area contributed by atoms with Gasteiger partial charge < -0.3 is 14.8 Å². The molecule has 0 aromatic heterocycles. The molecule has 2 atom stereocenters. The zero-order valence-corrected chi connectivity index (χ0v) is 13.2. The molecule has 2 aromatic rings. The number of rotatable bonds is 7. The molecule has 3 rings (SSSR count). The minimum Gasteiger partial charge on any atom is -0.492 e. The van der Waals surface area contributed by atoms with Gasteiger partial charge in [-0.25, -0.2) is 4.79 Å².